The van der Waals surface area contributed by atoms with Crippen LogP contribution >= 0.6 is 0 Å². The molecule has 0 aromatic heterocycles. The summed E-state index contributed by atoms with van der Waals surface area (Å²) in [5, 5.41) is 3.08. The van der Waals surface area contributed by atoms with Crippen molar-refractivity contribution in [1.29, 1.82) is 0 Å². The predicted octanol–water partition coefficient (Wildman–Crippen LogP) is 5.09. The van der Waals surface area contributed by atoms with E-state index >= 15 is 0 Å². The van der Waals surface area contributed by atoms with Crippen LogP contribution in [0.5, 0.6) is 0 Å². The first-order valence-corrected chi connectivity index (χ1v) is 10.4. The maximum absolute atomic E-state index is 13.1. The zero-order chi connectivity index (χ0) is 18.7. The summed E-state index contributed by atoms with van der Waals surface area (Å²) in [4.78, 5) is 15.7. The first-order chi connectivity index (χ1) is 13.8. The molecule has 0 bridgehead atoms. The Kier molecular flexibility index (Phi) is 3.52. The van der Waals surface area contributed by atoms with Crippen molar-refractivity contribution in [2.75, 3.05) is 23.3 Å². The third-order valence-corrected chi connectivity index (χ3v) is 6.99. The Morgan fingerprint density at radius 1 is 0.893 bits per heavy atom. The van der Waals surface area contributed by atoms with Crippen molar-refractivity contribution in [2.24, 2.45) is 11.8 Å². The van der Waals surface area contributed by atoms with Crippen molar-refractivity contribution in [2.45, 2.75) is 24.7 Å². The third kappa shape index (κ3) is 2.39. The zero-order valence-electron chi connectivity index (χ0n) is 15.8. The molecule has 4 aliphatic rings. The van der Waals surface area contributed by atoms with E-state index in [4.69, 9.17) is 0 Å². The van der Waals surface area contributed by atoms with Gasteiger partial charge in [0, 0.05) is 41.9 Å². The molecule has 2 aliphatic carbocycles. The highest BCUT2D eigenvalue weighted by Crippen LogP contribution is 2.53. The first kappa shape index (κ1) is 16.2. The van der Waals surface area contributed by atoms with Crippen molar-refractivity contribution in [3.05, 3.63) is 83.5 Å². The summed E-state index contributed by atoms with van der Waals surface area (Å²) >= 11 is 0. The van der Waals surface area contributed by atoms with Crippen molar-refractivity contribution in [3.63, 3.8) is 0 Å². The van der Waals surface area contributed by atoms with E-state index in [2.05, 4.69) is 46.7 Å². The lowest BCUT2D eigenvalue weighted by molar-refractivity contribution is 0.102. The molecule has 4 unspecified atom stereocenters. The standard InChI is InChI=1S/C25H24N2O/c28-25(26-19-8-2-1-3-9-19)18-12-22-20-10-4-6-16(20)14-27-15-17-7-5-11-21(17)23(13-18)24(22)27/h1-5,8-13,16-17,20-21H,6-7,14-15H2,(H,26,28). The molecule has 0 radical (unpaired) electrons. The van der Waals surface area contributed by atoms with Crippen molar-refractivity contribution >= 4 is 17.3 Å². The van der Waals surface area contributed by atoms with Gasteiger partial charge in [0.2, 0.25) is 0 Å². The lowest BCUT2D eigenvalue weighted by Crippen LogP contribution is -2.43. The second kappa shape index (κ2) is 6.10. The molecule has 3 heteroatoms. The Morgan fingerprint density at radius 3 is 2.11 bits per heavy atom. The minimum Gasteiger partial charge on any atom is -0.370 e. The number of fused-ring (bicyclic) bond motifs is 4. The van der Waals surface area contributed by atoms with Crippen LogP contribution in [0.25, 0.3) is 0 Å². The highest BCUT2D eigenvalue weighted by atomic mass is 16.1. The van der Waals surface area contributed by atoms with Gasteiger partial charge in [-0.2, -0.15) is 0 Å². The smallest absolute Gasteiger partial charge is 0.255 e. The quantitative estimate of drug-likeness (QED) is 0.749. The number of anilines is 2. The Bertz CT molecular complexity index is 955. The van der Waals surface area contributed by atoms with E-state index < -0.39 is 0 Å². The van der Waals surface area contributed by atoms with Gasteiger partial charge in [-0.25, -0.2) is 0 Å². The van der Waals surface area contributed by atoms with Crippen LogP contribution in [0.15, 0.2) is 66.8 Å². The Labute approximate surface area is 165 Å². The van der Waals surface area contributed by atoms with E-state index in [9.17, 15) is 4.79 Å². The summed E-state index contributed by atoms with van der Waals surface area (Å²) in [6, 6.07) is 14.1. The normalized spacial score (nSPS) is 28.6. The van der Waals surface area contributed by atoms with Gasteiger partial charge in [0.25, 0.3) is 5.91 Å². The van der Waals surface area contributed by atoms with Gasteiger partial charge >= 0.3 is 0 Å². The molecular weight excluding hydrogens is 344 g/mol. The fraction of sp³-hybridized carbons (Fsp3) is 0.320. The summed E-state index contributed by atoms with van der Waals surface area (Å²) in [6.07, 6.45) is 11.7. The number of rotatable bonds is 2. The molecule has 2 aromatic carbocycles. The summed E-state index contributed by atoms with van der Waals surface area (Å²) in [5.41, 5.74) is 5.77. The lowest BCUT2D eigenvalue weighted by Gasteiger charge is -2.46. The van der Waals surface area contributed by atoms with E-state index in [1.807, 2.05) is 30.3 Å². The topological polar surface area (TPSA) is 32.3 Å². The third-order valence-electron chi connectivity index (χ3n) is 6.99. The number of para-hydroxylation sites is 1. The molecule has 4 atom stereocenters. The number of benzene rings is 2. The number of allylic oxidation sites excluding steroid dienone is 4. The first-order valence-electron chi connectivity index (χ1n) is 10.4. The number of carbonyl (C=O) groups is 1. The van der Waals surface area contributed by atoms with Crippen molar-refractivity contribution < 1.29 is 4.79 Å². The molecule has 6 rings (SSSR count). The summed E-state index contributed by atoms with van der Waals surface area (Å²) in [5.74, 6) is 2.20. The Hall–Kier alpha value is -2.81. The summed E-state index contributed by atoms with van der Waals surface area (Å²) in [7, 11) is 0. The minimum atomic E-state index is -0.00926. The lowest BCUT2D eigenvalue weighted by atomic mass is 9.74. The molecule has 0 saturated heterocycles. The predicted molar refractivity (Wildman–Crippen MR) is 113 cm³/mol. The molecule has 140 valence electrons. The Balaban J connectivity index is 1.47. The Morgan fingerprint density at radius 2 is 1.50 bits per heavy atom. The van der Waals surface area contributed by atoms with Gasteiger partial charge in [0.15, 0.2) is 0 Å². The maximum Gasteiger partial charge on any atom is 0.255 e. The number of hydrogen-bond acceptors (Lipinski definition) is 2. The van der Waals surface area contributed by atoms with Crippen molar-refractivity contribution in [3.8, 4) is 0 Å². The van der Waals surface area contributed by atoms with Crippen molar-refractivity contribution in [1.82, 2.24) is 0 Å². The highest BCUT2D eigenvalue weighted by molar-refractivity contribution is 6.05. The number of carbonyl (C=O) groups excluding carboxylic acids is 1. The molecular formula is C25H24N2O. The minimum absolute atomic E-state index is 0.00926. The van der Waals surface area contributed by atoms with Gasteiger partial charge in [0.1, 0.15) is 0 Å². The largest absolute Gasteiger partial charge is 0.370 e. The van der Waals surface area contributed by atoms with E-state index in [0.717, 1.165) is 37.2 Å². The van der Waals surface area contributed by atoms with Crippen LogP contribution in [0, 0.1) is 11.8 Å². The molecule has 2 heterocycles. The van der Waals surface area contributed by atoms with E-state index in [0.29, 0.717) is 23.7 Å². The number of nitrogens with one attached hydrogen (secondary N) is 1. The molecule has 1 N–H and O–H groups in total. The number of hydrogen-bond donors (Lipinski definition) is 1. The molecule has 2 aliphatic heterocycles. The average Bonchev–Trinajstić information content (AvgIpc) is 3.38. The maximum atomic E-state index is 13.1. The van der Waals surface area contributed by atoms with E-state index in [-0.39, 0.29) is 5.91 Å². The fourth-order valence-electron chi connectivity index (χ4n) is 5.73. The number of amides is 1. The van der Waals surface area contributed by atoms with Gasteiger partial charge in [-0.05, 0) is 60.1 Å². The van der Waals surface area contributed by atoms with Crippen LogP contribution in [0.1, 0.15) is 46.2 Å². The van der Waals surface area contributed by atoms with Gasteiger partial charge in [-0.3, -0.25) is 4.79 Å². The molecule has 2 aromatic rings. The van der Waals surface area contributed by atoms with E-state index in [1.54, 1.807) is 0 Å². The molecule has 3 nitrogen and oxygen atoms in total. The van der Waals surface area contributed by atoms with Gasteiger partial charge in [0.05, 0.1) is 0 Å². The van der Waals surface area contributed by atoms with Crippen LogP contribution < -0.4 is 10.2 Å². The molecule has 1 amide bonds. The summed E-state index contributed by atoms with van der Waals surface area (Å²) < 4.78 is 0. The van der Waals surface area contributed by atoms with Gasteiger partial charge < -0.3 is 10.2 Å². The van der Waals surface area contributed by atoms with E-state index in [1.165, 1.54) is 16.8 Å². The number of nitrogens with zero attached hydrogens (tertiary/aromatic N) is 1. The van der Waals surface area contributed by atoms with Crippen LogP contribution in [0.2, 0.25) is 0 Å². The second-order valence-electron chi connectivity index (χ2n) is 8.63. The van der Waals surface area contributed by atoms with Gasteiger partial charge in [-0.15, -0.1) is 0 Å². The SMILES string of the molecule is O=C(Nc1ccccc1)c1cc2c3c(c1)C1C=CCC1CN3CC1CC=CC21. The molecule has 28 heavy (non-hydrogen) atoms. The highest BCUT2D eigenvalue weighted by Gasteiger charge is 2.42. The zero-order valence-corrected chi connectivity index (χ0v) is 15.8. The monoisotopic (exact) mass is 368 g/mol. The van der Waals surface area contributed by atoms with Crippen LogP contribution in [0.4, 0.5) is 11.4 Å². The van der Waals surface area contributed by atoms with Crippen LogP contribution in [0.3, 0.4) is 0 Å². The molecule has 0 fully saturated rings. The molecule has 0 saturated carbocycles. The second-order valence-corrected chi connectivity index (χ2v) is 8.63. The average molecular weight is 368 g/mol. The van der Waals surface area contributed by atoms with Gasteiger partial charge in [-0.1, -0.05) is 42.5 Å². The fourth-order valence-corrected chi connectivity index (χ4v) is 5.73. The summed E-state index contributed by atoms with van der Waals surface area (Å²) in [6.45, 7) is 2.30. The van der Waals surface area contributed by atoms with Crippen LogP contribution in [-0.2, 0) is 0 Å². The molecule has 0 spiro atoms. The van der Waals surface area contributed by atoms with Crippen LogP contribution in [-0.4, -0.2) is 19.0 Å².